The summed E-state index contributed by atoms with van der Waals surface area (Å²) >= 11 is 0. The Hall–Kier alpha value is -1.85. The van der Waals surface area contributed by atoms with Crippen LogP contribution in [0.2, 0.25) is 0 Å². The first-order valence-electron chi connectivity index (χ1n) is 7.48. The minimum atomic E-state index is -3.69. The van der Waals surface area contributed by atoms with Gasteiger partial charge in [0.1, 0.15) is 5.75 Å². The van der Waals surface area contributed by atoms with Gasteiger partial charge in [-0.1, -0.05) is 56.7 Å². The number of sulfonamides is 1. The van der Waals surface area contributed by atoms with E-state index in [0.29, 0.717) is 5.56 Å². The molecule has 0 spiro atoms. The summed E-state index contributed by atoms with van der Waals surface area (Å²) in [5, 5.41) is 10.1. The molecule has 0 aliphatic heterocycles. The van der Waals surface area contributed by atoms with Gasteiger partial charge in [0.15, 0.2) is 0 Å². The average Bonchev–Trinajstić information content (AvgIpc) is 2.45. The summed E-state index contributed by atoms with van der Waals surface area (Å²) in [6, 6.07) is 13.0. The Labute approximate surface area is 138 Å². The van der Waals surface area contributed by atoms with Gasteiger partial charge in [-0.05, 0) is 30.5 Å². The number of hydrogen-bond donors (Lipinski definition) is 2. The number of hydrogen-bond acceptors (Lipinski definition) is 3. The van der Waals surface area contributed by atoms with E-state index in [1.807, 2.05) is 27.7 Å². The second kappa shape index (κ2) is 6.34. The molecule has 0 aliphatic rings. The lowest BCUT2D eigenvalue weighted by Gasteiger charge is -2.32. The maximum Gasteiger partial charge on any atom is 0.241 e. The van der Waals surface area contributed by atoms with Gasteiger partial charge in [-0.3, -0.25) is 0 Å². The maximum absolute atomic E-state index is 12.7. The predicted molar refractivity (Wildman–Crippen MR) is 91.8 cm³/mol. The molecule has 0 saturated heterocycles. The smallest absolute Gasteiger partial charge is 0.241 e. The lowest BCUT2D eigenvalue weighted by atomic mass is 9.83. The third kappa shape index (κ3) is 4.12. The molecule has 0 aromatic heterocycles. The van der Waals surface area contributed by atoms with E-state index in [4.69, 9.17) is 0 Å². The van der Waals surface area contributed by atoms with Gasteiger partial charge in [-0.15, -0.1) is 0 Å². The average molecular weight is 333 g/mol. The molecule has 0 radical (unpaired) electrons. The molecule has 23 heavy (non-hydrogen) atoms. The van der Waals surface area contributed by atoms with Crippen LogP contribution in [0.1, 0.15) is 37.9 Å². The van der Waals surface area contributed by atoms with E-state index in [1.54, 1.807) is 48.5 Å². The van der Waals surface area contributed by atoms with E-state index in [0.717, 1.165) is 5.56 Å². The molecule has 2 rings (SSSR count). The maximum atomic E-state index is 12.7. The molecule has 4 nitrogen and oxygen atoms in total. The first kappa shape index (κ1) is 17.5. The first-order valence-corrected chi connectivity index (χ1v) is 8.96. The molecular weight excluding hydrogens is 310 g/mol. The lowest BCUT2D eigenvalue weighted by Crippen LogP contribution is -2.36. The Balaban J connectivity index is 2.43. The fourth-order valence-electron chi connectivity index (χ4n) is 2.38. The van der Waals surface area contributed by atoms with E-state index in [2.05, 4.69) is 4.72 Å². The highest BCUT2D eigenvalue weighted by atomic mass is 32.2. The molecule has 5 heteroatoms. The highest BCUT2D eigenvalue weighted by Gasteiger charge is 2.32. The molecule has 0 amide bonds. The van der Waals surface area contributed by atoms with Crippen molar-refractivity contribution in [1.29, 1.82) is 0 Å². The standard InChI is InChI=1S/C18H23NO3S/c1-13-9-11-14(12-10-13)23(21,22)19-17(18(2,3)4)15-7-5-6-8-16(15)20/h5-12,17,19-20H,1-4H3. The van der Waals surface area contributed by atoms with Crippen molar-refractivity contribution in [2.75, 3.05) is 0 Å². The quantitative estimate of drug-likeness (QED) is 0.895. The van der Waals surface area contributed by atoms with Gasteiger partial charge in [0, 0.05) is 5.56 Å². The fraction of sp³-hybridized carbons (Fsp3) is 0.333. The molecule has 1 atom stereocenters. The summed E-state index contributed by atoms with van der Waals surface area (Å²) in [6.07, 6.45) is 0. The summed E-state index contributed by atoms with van der Waals surface area (Å²) in [7, 11) is -3.69. The van der Waals surface area contributed by atoms with Crippen LogP contribution in [0.4, 0.5) is 0 Å². The SMILES string of the molecule is Cc1ccc(S(=O)(=O)NC(c2ccccc2O)C(C)(C)C)cc1. The fourth-order valence-corrected chi connectivity index (χ4v) is 3.80. The van der Waals surface area contributed by atoms with Crippen LogP contribution in [0, 0.1) is 12.3 Å². The Bertz CT molecular complexity index is 775. The number of benzene rings is 2. The molecule has 0 fully saturated rings. The van der Waals surface area contributed by atoms with E-state index in [-0.39, 0.29) is 10.6 Å². The number of phenols is 1. The van der Waals surface area contributed by atoms with Gasteiger partial charge in [-0.2, -0.15) is 0 Å². The highest BCUT2D eigenvalue weighted by molar-refractivity contribution is 7.89. The molecule has 0 aliphatic carbocycles. The first-order chi connectivity index (χ1) is 10.6. The van der Waals surface area contributed by atoms with Crippen LogP contribution in [0.15, 0.2) is 53.4 Å². The topological polar surface area (TPSA) is 66.4 Å². The summed E-state index contributed by atoms with van der Waals surface area (Å²) in [6.45, 7) is 7.70. The Morgan fingerprint density at radius 2 is 1.57 bits per heavy atom. The monoisotopic (exact) mass is 333 g/mol. The van der Waals surface area contributed by atoms with Crippen LogP contribution >= 0.6 is 0 Å². The third-order valence-electron chi connectivity index (χ3n) is 3.72. The number of nitrogens with one attached hydrogen (secondary N) is 1. The number of aromatic hydroxyl groups is 1. The molecule has 0 bridgehead atoms. The highest BCUT2D eigenvalue weighted by Crippen LogP contribution is 2.38. The van der Waals surface area contributed by atoms with Gasteiger partial charge in [0.2, 0.25) is 10.0 Å². The van der Waals surface area contributed by atoms with Crippen LogP contribution in [0.3, 0.4) is 0 Å². The van der Waals surface area contributed by atoms with Crippen molar-refractivity contribution >= 4 is 10.0 Å². The van der Waals surface area contributed by atoms with Crippen LogP contribution in [-0.4, -0.2) is 13.5 Å². The Morgan fingerprint density at radius 3 is 2.09 bits per heavy atom. The summed E-state index contributed by atoms with van der Waals surface area (Å²) < 4.78 is 28.1. The Kier molecular flexibility index (Phi) is 4.82. The normalized spacial score (nSPS) is 13.7. The van der Waals surface area contributed by atoms with Gasteiger partial charge < -0.3 is 5.11 Å². The number of para-hydroxylation sites is 1. The number of rotatable bonds is 4. The van der Waals surface area contributed by atoms with E-state index in [1.165, 1.54) is 0 Å². The summed E-state index contributed by atoms with van der Waals surface area (Å²) in [4.78, 5) is 0.216. The van der Waals surface area contributed by atoms with Crippen molar-refractivity contribution in [3.05, 3.63) is 59.7 Å². The zero-order chi connectivity index (χ0) is 17.3. The van der Waals surface area contributed by atoms with Crippen molar-refractivity contribution in [2.24, 2.45) is 5.41 Å². The third-order valence-corrected chi connectivity index (χ3v) is 5.16. The van der Waals surface area contributed by atoms with Crippen molar-refractivity contribution in [3.8, 4) is 5.75 Å². The number of phenolic OH excluding ortho intramolecular Hbond substituents is 1. The molecule has 0 heterocycles. The lowest BCUT2D eigenvalue weighted by molar-refractivity contribution is 0.296. The van der Waals surface area contributed by atoms with Crippen molar-refractivity contribution < 1.29 is 13.5 Å². The van der Waals surface area contributed by atoms with Crippen LogP contribution in [0.25, 0.3) is 0 Å². The van der Waals surface area contributed by atoms with Gasteiger partial charge >= 0.3 is 0 Å². The van der Waals surface area contributed by atoms with Gasteiger partial charge in [0.25, 0.3) is 0 Å². The van der Waals surface area contributed by atoms with Crippen LogP contribution < -0.4 is 4.72 Å². The van der Waals surface area contributed by atoms with Crippen molar-refractivity contribution in [2.45, 2.75) is 38.6 Å². The number of aryl methyl sites for hydroxylation is 1. The van der Waals surface area contributed by atoms with Crippen LogP contribution in [-0.2, 0) is 10.0 Å². The second-order valence-electron chi connectivity index (χ2n) is 6.79. The summed E-state index contributed by atoms with van der Waals surface area (Å²) in [5.74, 6) is 0.0824. The zero-order valence-electron chi connectivity index (χ0n) is 13.9. The van der Waals surface area contributed by atoms with E-state index in [9.17, 15) is 13.5 Å². The molecule has 2 N–H and O–H groups in total. The molecule has 124 valence electrons. The summed E-state index contributed by atoms with van der Waals surface area (Å²) in [5.41, 5.74) is 1.16. The predicted octanol–water partition coefficient (Wildman–Crippen LogP) is 3.77. The Morgan fingerprint density at radius 1 is 1.00 bits per heavy atom. The molecule has 0 saturated carbocycles. The minimum absolute atomic E-state index is 0.0824. The van der Waals surface area contributed by atoms with Crippen LogP contribution in [0.5, 0.6) is 5.75 Å². The van der Waals surface area contributed by atoms with Crippen molar-refractivity contribution in [3.63, 3.8) is 0 Å². The van der Waals surface area contributed by atoms with Gasteiger partial charge in [0.05, 0.1) is 10.9 Å². The molecule has 2 aromatic carbocycles. The van der Waals surface area contributed by atoms with E-state index >= 15 is 0 Å². The largest absolute Gasteiger partial charge is 0.508 e. The molecule has 1 unspecified atom stereocenters. The van der Waals surface area contributed by atoms with E-state index < -0.39 is 21.5 Å². The minimum Gasteiger partial charge on any atom is -0.508 e. The second-order valence-corrected chi connectivity index (χ2v) is 8.51. The van der Waals surface area contributed by atoms with Gasteiger partial charge in [-0.25, -0.2) is 13.1 Å². The van der Waals surface area contributed by atoms with Crippen molar-refractivity contribution in [1.82, 2.24) is 4.72 Å². The molecular formula is C18H23NO3S. The zero-order valence-corrected chi connectivity index (χ0v) is 14.7. The molecule has 2 aromatic rings.